The van der Waals surface area contributed by atoms with E-state index in [1.807, 2.05) is 32.9 Å². The van der Waals surface area contributed by atoms with E-state index in [9.17, 15) is 9.59 Å². The second-order valence-electron chi connectivity index (χ2n) is 4.62. The summed E-state index contributed by atoms with van der Waals surface area (Å²) in [5.41, 5.74) is 0. The van der Waals surface area contributed by atoms with E-state index in [0.29, 0.717) is 6.54 Å². The number of hydrogen-bond donors (Lipinski definition) is 1. The van der Waals surface area contributed by atoms with Crippen molar-refractivity contribution in [3.8, 4) is 0 Å². The van der Waals surface area contributed by atoms with Crippen LogP contribution in [0.15, 0.2) is 12.2 Å². The third-order valence-electron chi connectivity index (χ3n) is 3.34. The number of hydrogen-bond acceptors (Lipinski definition) is 2. The van der Waals surface area contributed by atoms with Gasteiger partial charge in [0.15, 0.2) is 0 Å². The molecule has 1 fully saturated rings. The lowest BCUT2D eigenvalue weighted by Gasteiger charge is -2.40. The summed E-state index contributed by atoms with van der Waals surface area (Å²) >= 11 is 0. The van der Waals surface area contributed by atoms with Crippen molar-refractivity contribution < 1.29 is 9.59 Å². The maximum atomic E-state index is 12.1. The average Bonchev–Trinajstić information content (AvgIpc) is 2.31. The van der Waals surface area contributed by atoms with E-state index < -0.39 is 6.04 Å². The molecule has 1 aliphatic rings. The van der Waals surface area contributed by atoms with Crippen molar-refractivity contribution in [2.75, 3.05) is 6.54 Å². The van der Waals surface area contributed by atoms with Gasteiger partial charge in [0, 0.05) is 6.54 Å². The van der Waals surface area contributed by atoms with Gasteiger partial charge in [-0.15, -0.1) is 0 Å². The number of carbonyl (C=O) groups is 2. The zero-order valence-corrected chi connectivity index (χ0v) is 11.1. The first kappa shape index (κ1) is 13.7. The molecule has 0 aliphatic carbocycles. The Balaban J connectivity index is 2.94. The first-order chi connectivity index (χ1) is 8.02. The van der Waals surface area contributed by atoms with Crippen molar-refractivity contribution in [3.05, 3.63) is 12.2 Å². The minimum atomic E-state index is -0.409. The zero-order valence-electron chi connectivity index (χ0n) is 11.1. The van der Waals surface area contributed by atoms with Crippen molar-refractivity contribution in [1.82, 2.24) is 10.2 Å². The number of amides is 2. The molecule has 4 nitrogen and oxygen atoms in total. The van der Waals surface area contributed by atoms with Gasteiger partial charge in [0.2, 0.25) is 11.8 Å². The van der Waals surface area contributed by atoms with Gasteiger partial charge in [-0.25, -0.2) is 0 Å². The Kier molecular flexibility index (Phi) is 4.73. The molecular formula is C13H22N2O2. The van der Waals surface area contributed by atoms with E-state index in [1.165, 1.54) is 0 Å². The van der Waals surface area contributed by atoms with Gasteiger partial charge < -0.3 is 10.2 Å². The molecule has 0 saturated carbocycles. The summed E-state index contributed by atoms with van der Waals surface area (Å²) in [7, 11) is 0. The molecule has 3 atom stereocenters. The lowest BCUT2D eigenvalue weighted by molar-refractivity contribution is -0.150. The molecule has 2 amide bonds. The highest BCUT2D eigenvalue weighted by Gasteiger charge is 2.40. The van der Waals surface area contributed by atoms with Crippen molar-refractivity contribution in [3.63, 3.8) is 0 Å². The molecule has 0 radical (unpaired) electrons. The Morgan fingerprint density at radius 3 is 2.65 bits per heavy atom. The summed E-state index contributed by atoms with van der Waals surface area (Å²) in [5.74, 6) is 0.153. The molecule has 3 unspecified atom stereocenters. The summed E-state index contributed by atoms with van der Waals surface area (Å²) in [5, 5.41) is 2.75. The van der Waals surface area contributed by atoms with E-state index in [1.54, 1.807) is 11.8 Å². The second-order valence-corrected chi connectivity index (χ2v) is 4.62. The molecule has 0 aromatic heterocycles. The van der Waals surface area contributed by atoms with Crippen LogP contribution >= 0.6 is 0 Å². The van der Waals surface area contributed by atoms with Crippen LogP contribution < -0.4 is 5.32 Å². The zero-order chi connectivity index (χ0) is 13.0. The maximum Gasteiger partial charge on any atom is 0.245 e. The Labute approximate surface area is 103 Å². The number of nitrogens with zero attached hydrogens (tertiary/aromatic N) is 1. The predicted molar refractivity (Wildman–Crippen MR) is 67.4 cm³/mol. The lowest BCUT2D eigenvalue weighted by Crippen LogP contribution is -2.64. The fourth-order valence-electron chi connectivity index (χ4n) is 2.10. The van der Waals surface area contributed by atoms with Gasteiger partial charge in [0.05, 0.1) is 0 Å². The molecule has 0 aromatic rings. The van der Waals surface area contributed by atoms with Crippen molar-refractivity contribution in [1.29, 1.82) is 0 Å². The quantitative estimate of drug-likeness (QED) is 0.751. The Morgan fingerprint density at radius 1 is 1.47 bits per heavy atom. The Morgan fingerprint density at radius 2 is 2.12 bits per heavy atom. The fraction of sp³-hybridized carbons (Fsp3) is 0.692. The molecule has 1 aliphatic heterocycles. The van der Waals surface area contributed by atoms with Gasteiger partial charge in [-0.2, -0.15) is 0 Å². The van der Waals surface area contributed by atoms with Gasteiger partial charge in [-0.05, 0) is 19.8 Å². The molecule has 1 saturated heterocycles. The maximum absolute atomic E-state index is 12.1. The number of piperazine rings is 1. The highest BCUT2D eigenvalue weighted by Crippen LogP contribution is 2.19. The summed E-state index contributed by atoms with van der Waals surface area (Å²) in [6.45, 7) is 8.21. The van der Waals surface area contributed by atoms with E-state index in [2.05, 4.69) is 5.32 Å². The largest absolute Gasteiger partial charge is 0.343 e. The summed E-state index contributed by atoms with van der Waals surface area (Å²) < 4.78 is 0. The Bertz CT molecular complexity index is 325. The summed E-state index contributed by atoms with van der Waals surface area (Å²) in [6, 6.07) is -0.743. The van der Waals surface area contributed by atoms with Crippen LogP contribution in [0.2, 0.25) is 0 Å². The van der Waals surface area contributed by atoms with Crippen molar-refractivity contribution >= 4 is 11.8 Å². The molecule has 17 heavy (non-hydrogen) atoms. The third-order valence-corrected chi connectivity index (χ3v) is 3.34. The van der Waals surface area contributed by atoms with Crippen LogP contribution in [0.1, 0.15) is 34.1 Å². The van der Waals surface area contributed by atoms with Gasteiger partial charge in [-0.3, -0.25) is 9.59 Å². The SMILES string of the molecule is C/C=C/CN1C(=O)C(C)NC(=O)C1C(C)CC. The van der Waals surface area contributed by atoms with Gasteiger partial charge >= 0.3 is 0 Å². The Hall–Kier alpha value is -1.32. The average molecular weight is 238 g/mol. The minimum absolute atomic E-state index is 0.00741. The normalized spacial score (nSPS) is 27.4. The summed E-state index contributed by atoms with van der Waals surface area (Å²) in [4.78, 5) is 25.8. The van der Waals surface area contributed by atoms with Crippen LogP contribution in [-0.4, -0.2) is 35.3 Å². The predicted octanol–water partition coefficient (Wildman–Crippen LogP) is 1.32. The first-order valence-corrected chi connectivity index (χ1v) is 6.24. The van der Waals surface area contributed by atoms with Crippen molar-refractivity contribution in [2.45, 2.75) is 46.2 Å². The van der Waals surface area contributed by atoms with Gasteiger partial charge in [-0.1, -0.05) is 32.4 Å². The monoisotopic (exact) mass is 238 g/mol. The smallest absolute Gasteiger partial charge is 0.245 e. The van der Waals surface area contributed by atoms with Crippen LogP contribution in [0.25, 0.3) is 0 Å². The minimum Gasteiger partial charge on any atom is -0.343 e. The number of allylic oxidation sites excluding steroid dienone is 1. The number of rotatable bonds is 4. The highest BCUT2D eigenvalue weighted by molar-refractivity contribution is 5.96. The molecule has 96 valence electrons. The number of carbonyl (C=O) groups excluding carboxylic acids is 2. The third kappa shape index (κ3) is 2.87. The molecule has 1 N–H and O–H groups in total. The van der Waals surface area contributed by atoms with Crippen molar-refractivity contribution in [2.24, 2.45) is 5.92 Å². The van der Waals surface area contributed by atoms with E-state index in [-0.39, 0.29) is 23.8 Å². The van der Waals surface area contributed by atoms with Gasteiger partial charge in [0.1, 0.15) is 12.1 Å². The van der Waals surface area contributed by atoms with E-state index in [0.717, 1.165) is 6.42 Å². The van der Waals surface area contributed by atoms with Crippen LogP contribution in [0.5, 0.6) is 0 Å². The van der Waals surface area contributed by atoms with Crippen LogP contribution in [0, 0.1) is 5.92 Å². The molecular weight excluding hydrogens is 216 g/mol. The standard InChI is InChI=1S/C13H22N2O2/c1-5-7-8-15-11(9(3)6-2)12(16)14-10(4)13(15)17/h5,7,9-11H,6,8H2,1-4H3,(H,14,16)/b7-5+. The molecule has 0 aromatic carbocycles. The van der Waals surface area contributed by atoms with Crippen LogP contribution in [0.4, 0.5) is 0 Å². The number of nitrogens with one attached hydrogen (secondary N) is 1. The topological polar surface area (TPSA) is 49.4 Å². The fourth-order valence-corrected chi connectivity index (χ4v) is 2.10. The second kappa shape index (κ2) is 5.84. The molecule has 1 rings (SSSR count). The molecule has 0 bridgehead atoms. The van der Waals surface area contributed by atoms with Crippen LogP contribution in [0.3, 0.4) is 0 Å². The summed E-state index contributed by atoms with van der Waals surface area (Å²) in [6.07, 6.45) is 4.70. The van der Waals surface area contributed by atoms with E-state index >= 15 is 0 Å². The molecule has 1 heterocycles. The highest BCUT2D eigenvalue weighted by atomic mass is 16.2. The molecule has 4 heteroatoms. The van der Waals surface area contributed by atoms with Crippen LogP contribution in [-0.2, 0) is 9.59 Å². The molecule has 0 spiro atoms. The lowest BCUT2D eigenvalue weighted by atomic mass is 9.93. The van der Waals surface area contributed by atoms with E-state index in [4.69, 9.17) is 0 Å². The first-order valence-electron chi connectivity index (χ1n) is 6.24. The van der Waals surface area contributed by atoms with Gasteiger partial charge in [0.25, 0.3) is 0 Å².